The van der Waals surface area contributed by atoms with Gasteiger partial charge in [0.1, 0.15) is 24.7 Å². The summed E-state index contributed by atoms with van der Waals surface area (Å²) in [5.74, 6) is 1.50. The number of ether oxygens (including phenoxy) is 1. The number of nitrogens with two attached hydrogens (primary N) is 1. The van der Waals surface area contributed by atoms with E-state index in [2.05, 4.69) is 48.9 Å². The third kappa shape index (κ3) is 30.6. The Labute approximate surface area is 348 Å². The van der Waals surface area contributed by atoms with E-state index in [-0.39, 0.29) is 28.9 Å². The maximum atomic E-state index is 13.5. The summed E-state index contributed by atoms with van der Waals surface area (Å²) in [6.45, 7) is 31.0. The first-order valence-electron chi connectivity index (χ1n) is 21.1. The molecule has 1 saturated heterocycles. The zero-order chi connectivity index (χ0) is 44.8. The molecule has 1 aliphatic heterocycles. The van der Waals surface area contributed by atoms with Gasteiger partial charge in [0, 0.05) is 26.4 Å². The molecule has 1 aliphatic carbocycles. The second kappa shape index (κ2) is 38.7. The van der Waals surface area contributed by atoms with Crippen LogP contribution in [0, 0.1) is 11.3 Å². The number of allylic oxidation sites excluding steroid dienone is 2. The number of amides is 3. The highest BCUT2D eigenvalue weighted by molar-refractivity contribution is 5.90. The molecule has 0 aromatic heterocycles. The minimum Gasteiger partial charge on any atom is -0.479 e. The number of nitrogens with one attached hydrogen (secondary N) is 2. The number of primary amides is 1. The SMILES string of the molecule is C/C=C(/N[C@H](C(=O)N1CCCC1C(=O)NC)C(C)(C)C)OCCCCC/C=C/c1ccccc1CCC(N)=O.C=C.C=O.CC.CC.CC1CC1.CCCC(C)=O. The Morgan fingerprint density at radius 2 is 1.56 bits per heavy atom. The number of ketones is 1. The highest BCUT2D eigenvalue weighted by atomic mass is 16.5. The summed E-state index contributed by atoms with van der Waals surface area (Å²) in [6, 6.07) is 7.16. The first-order chi connectivity index (χ1) is 27.2. The largest absolute Gasteiger partial charge is 0.479 e. The number of likely N-dealkylation sites (N-methyl/N-ethyl adjacent to an activating group) is 1. The van der Waals surface area contributed by atoms with Gasteiger partial charge in [0.15, 0.2) is 5.88 Å². The zero-order valence-electron chi connectivity index (χ0n) is 38.3. The Hall–Kier alpha value is -4.21. The lowest BCUT2D eigenvalue weighted by Gasteiger charge is -2.36. The van der Waals surface area contributed by atoms with Crippen LogP contribution >= 0.6 is 0 Å². The minimum atomic E-state index is -0.509. The number of hydrogen-bond acceptors (Lipinski definition) is 7. The van der Waals surface area contributed by atoms with E-state index in [1.54, 1.807) is 18.9 Å². The van der Waals surface area contributed by atoms with Crippen LogP contribution in [0.5, 0.6) is 0 Å². The van der Waals surface area contributed by atoms with E-state index in [1.165, 1.54) is 12.8 Å². The fourth-order valence-corrected chi connectivity index (χ4v) is 5.27. The molecule has 10 heteroatoms. The molecule has 0 bridgehead atoms. The molecule has 3 amide bonds. The molecule has 2 fully saturated rings. The molecule has 0 spiro atoms. The molecular formula is C47H84N4O6. The molecule has 1 aromatic carbocycles. The summed E-state index contributed by atoms with van der Waals surface area (Å²) in [6.07, 6.45) is 17.3. The molecule has 0 radical (unpaired) electrons. The van der Waals surface area contributed by atoms with Gasteiger partial charge < -0.3 is 35.6 Å². The number of carbonyl (C=O) groups is 5. The highest BCUT2D eigenvalue weighted by Gasteiger charge is 2.41. The van der Waals surface area contributed by atoms with Gasteiger partial charge in [0.2, 0.25) is 17.7 Å². The Bertz CT molecular complexity index is 1250. The van der Waals surface area contributed by atoms with Crippen molar-refractivity contribution >= 4 is 36.4 Å². The highest BCUT2D eigenvalue weighted by Crippen LogP contribution is 2.27. The van der Waals surface area contributed by atoms with E-state index in [1.807, 2.05) is 93.4 Å². The van der Waals surface area contributed by atoms with Crippen molar-refractivity contribution in [1.82, 2.24) is 15.5 Å². The maximum Gasteiger partial charge on any atom is 0.246 e. The number of carbonyl (C=O) groups excluding carboxylic acids is 5. The van der Waals surface area contributed by atoms with Gasteiger partial charge in [-0.1, -0.05) is 112 Å². The summed E-state index contributed by atoms with van der Waals surface area (Å²) in [4.78, 5) is 56.7. The van der Waals surface area contributed by atoms with E-state index in [0.29, 0.717) is 38.3 Å². The van der Waals surface area contributed by atoms with Gasteiger partial charge in [0.25, 0.3) is 0 Å². The summed E-state index contributed by atoms with van der Waals surface area (Å²) >= 11 is 0. The molecule has 328 valence electrons. The average molecular weight is 801 g/mol. The second-order valence-corrected chi connectivity index (χ2v) is 14.3. The summed E-state index contributed by atoms with van der Waals surface area (Å²) in [7, 11) is 1.61. The predicted octanol–water partition coefficient (Wildman–Crippen LogP) is 9.76. The number of likely N-dealkylation sites (tertiary alicyclic amines) is 1. The molecule has 1 saturated carbocycles. The van der Waals surface area contributed by atoms with Crippen LogP contribution in [0.1, 0.15) is 158 Å². The van der Waals surface area contributed by atoms with E-state index >= 15 is 0 Å². The molecule has 4 N–H and O–H groups in total. The van der Waals surface area contributed by atoms with Crippen LogP contribution in [-0.2, 0) is 35.1 Å². The van der Waals surface area contributed by atoms with Gasteiger partial charge in [-0.3, -0.25) is 14.4 Å². The molecule has 3 rings (SSSR count). The first-order valence-corrected chi connectivity index (χ1v) is 21.1. The molecule has 10 nitrogen and oxygen atoms in total. The van der Waals surface area contributed by atoms with E-state index in [4.69, 9.17) is 15.3 Å². The Kier molecular flexibility index (Phi) is 40.3. The summed E-state index contributed by atoms with van der Waals surface area (Å²) < 4.78 is 6.01. The Morgan fingerprint density at radius 1 is 0.982 bits per heavy atom. The van der Waals surface area contributed by atoms with Crippen molar-refractivity contribution in [2.24, 2.45) is 17.1 Å². The molecule has 1 unspecified atom stereocenters. The number of rotatable bonds is 17. The van der Waals surface area contributed by atoms with E-state index in [9.17, 15) is 19.2 Å². The van der Waals surface area contributed by atoms with Gasteiger partial charge in [-0.25, -0.2) is 0 Å². The van der Waals surface area contributed by atoms with Gasteiger partial charge >= 0.3 is 0 Å². The van der Waals surface area contributed by atoms with Crippen molar-refractivity contribution in [2.75, 3.05) is 20.2 Å². The Morgan fingerprint density at radius 3 is 2.02 bits per heavy atom. The van der Waals surface area contributed by atoms with Crippen LogP contribution in [-0.4, -0.2) is 67.5 Å². The van der Waals surface area contributed by atoms with Crippen molar-refractivity contribution in [1.29, 1.82) is 0 Å². The number of unbranched alkanes of at least 4 members (excludes halogenated alkanes) is 3. The number of nitrogens with zero attached hydrogens (tertiary/aromatic N) is 1. The van der Waals surface area contributed by atoms with Crippen LogP contribution < -0.4 is 16.4 Å². The van der Waals surface area contributed by atoms with E-state index < -0.39 is 12.1 Å². The van der Waals surface area contributed by atoms with Crippen LogP contribution in [0.4, 0.5) is 0 Å². The lowest BCUT2D eigenvalue weighted by atomic mass is 9.85. The average Bonchev–Trinajstić information content (AvgIpc) is 3.84. The lowest BCUT2D eigenvalue weighted by molar-refractivity contribution is -0.142. The fourth-order valence-electron chi connectivity index (χ4n) is 5.27. The predicted molar refractivity (Wildman–Crippen MR) is 241 cm³/mol. The fraction of sp³-hybridized carbons (Fsp3) is 0.638. The number of aryl methyl sites for hydroxylation is 1. The van der Waals surface area contributed by atoms with Crippen molar-refractivity contribution < 1.29 is 28.7 Å². The lowest BCUT2D eigenvalue weighted by Crippen LogP contribution is -2.56. The monoisotopic (exact) mass is 801 g/mol. The van der Waals surface area contributed by atoms with Gasteiger partial charge in [0.05, 0.1) is 6.61 Å². The van der Waals surface area contributed by atoms with Crippen LogP contribution in [0.3, 0.4) is 0 Å². The molecular weight excluding hydrogens is 717 g/mol. The smallest absolute Gasteiger partial charge is 0.246 e. The third-order valence-corrected chi connectivity index (χ3v) is 8.48. The normalized spacial score (nSPS) is 14.6. The van der Waals surface area contributed by atoms with Crippen LogP contribution in [0.2, 0.25) is 0 Å². The van der Waals surface area contributed by atoms with E-state index in [0.717, 1.165) is 62.0 Å². The minimum absolute atomic E-state index is 0.0699. The first kappa shape index (κ1) is 59.5. The number of hydrogen-bond donors (Lipinski definition) is 3. The number of benzene rings is 1. The van der Waals surface area contributed by atoms with Crippen molar-refractivity contribution in [3.8, 4) is 0 Å². The number of Topliss-reactive ketones (excluding diaryl/α,β-unsaturated/α-hetero) is 1. The standard InChI is InChI=1S/C31H48N4O4.C5H10O.C4H8.2C2H6.C2H4.CH2O/c1-6-27(34-28(31(2,3)4)30(38)35-21-14-18-25(35)29(37)33-5)39-22-13-9-7-8-10-15-23-16-11-12-17-24(23)19-20-26(32)36;1-3-4-5(2)6;1-4-2-3-4;4*1-2/h6,10-12,15-17,25,28,34H,7-9,13-14,18-22H2,1-5H3,(H2,32,36)(H,33,37);3-4H2,1-2H3;4H,2-3H2,1H3;2*1-2H3;1-2H2;1H2/b15-10+,27-6-;;;;;;/t25?,28-;;;;;;/m1....../s1. The van der Waals surface area contributed by atoms with Gasteiger partial charge in [-0.2, -0.15) is 0 Å². The molecule has 1 aromatic rings. The quantitative estimate of drug-likeness (QED) is 0.0807. The third-order valence-electron chi connectivity index (χ3n) is 8.48. The molecule has 1 heterocycles. The van der Waals surface area contributed by atoms with Crippen molar-refractivity contribution in [3.05, 3.63) is 66.6 Å². The van der Waals surface area contributed by atoms with Crippen LogP contribution in [0.15, 0.2) is 55.5 Å². The van der Waals surface area contributed by atoms with Gasteiger partial charge in [-0.05, 0) is 93.7 Å². The molecule has 57 heavy (non-hydrogen) atoms. The van der Waals surface area contributed by atoms with Crippen molar-refractivity contribution in [2.45, 2.75) is 165 Å². The summed E-state index contributed by atoms with van der Waals surface area (Å²) in [5.41, 5.74) is 7.19. The summed E-state index contributed by atoms with van der Waals surface area (Å²) in [5, 5.41) is 6.01. The van der Waals surface area contributed by atoms with Crippen molar-refractivity contribution in [3.63, 3.8) is 0 Å². The maximum absolute atomic E-state index is 13.5. The second-order valence-electron chi connectivity index (χ2n) is 14.3. The topological polar surface area (TPSA) is 148 Å². The molecule has 2 atom stereocenters. The van der Waals surface area contributed by atoms with Gasteiger partial charge in [-0.15, -0.1) is 13.2 Å². The Balaban J connectivity index is -0.000000654. The van der Waals surface area contributed by atoms with Crippen LogP contribution in [0.25, 0.3) is 6.08 Å². The molecule has 2 aliphatic rings. The zero-order valence-corrected chi connectivity index (χ0v) is 38.3.